The van der Waals surface area contributed by atoms with Crippen molar-refractivity contribution in [3.63, 3.8) is 0 Å². The predicted octanol–water partition coefficient (Wildman–Crippen LogP) is 3.27. The molecule has 0 bridgehead atoms. The number of hydrogen-bond donors (Lipinski definition) is 1. The number of amidine groups is 1. The van der Waals surface area contributed by atoms with Gasteiger partial charge in [-0.3, -0.25) is 4.79 Å². The van der Waals surface area contributed by atoms with E-state index in [1.54, 1.807) is 44.6 Å². The first-order valence-corrected chi connectivity index (χ1v) is 7.58. The van der Waals surface area contributed by atoms with Gasteiger partial charge in [0.05, 0.1) is 14.2 Å². The van der Waals surface area contributed by atoms with Gasteiger partial charge in [-0.15, -0.1) is 0 Å². The largest absolute Gasteiger partial charge is 0.493 e. The van der Waals surface area contributed by atoms with Crippen molar-refractivity contribution in [1.82, 2.24) is 5.32 Å². The maximum Gasteiger partial charge on any atom is 0.275 e. The lowest BCUT2D eigenvalue weighted by Crippen LogP contribution is -2.24. The third-order valence-corrected chi connectivity index (χ3v) is 3.78. The second-order valence-electron chi connectivity index (χ2n) is 5.07. The molecule has 1 amide bonds. The molecular formula is C18H15ClN2O3. The summed E-state index contributed by atoms with van der Waals surface area (Å²) in [7, 11) is 3.13. The predicted molar refractivity (Wildman–Crippen MR) is 93.7 cm³/mol. The minimum atomic E-state index is -0.255. The minimum absolute atomic E-state index is 0.255. The van der Waals surface area contributed by atoms with E-state index >= 15 is 0 Å². The van der Waals surface area contributed by atoms with Gasteiger partial charge in [0.25, 0.3) is 5.91 Å². The number of benzene rings is 2. The molecule has 122 valence electrons. The van der Waals surface area contributed by atoms with E-state index in [4.69, 9.17) is 21.1 Å². The fourth-order valence-corrected chi connectivity index (χ4v) is 2.43. The van der Waals surface area contributed by atoms with Crippen molar-refractivity contribution in [3.05, 3.63) is 64.3 Å². The van der Waals surface area contributed by atoms with Gasteiger partial charge in [-0.25, -0.2) is 4.99 Å². The van der Waals surface area contributed by atoms with Gasteiger partial charge < -0.3 is 14.8 Å². The SMILES string of the molecule is COc1ccc(C2=N/C(=C/c3ccc(Cl)cc3)C(=O)N2)cc1OC. The van der Waals surface area contributed by atoms with Crippen LogP contribution in [0.15, 0.2) is 53.2 Å². The Morgan fingerprint density at radius 2 is 1.75 bits per heavy atom. The van der Waals surface area contributed by atoms with Gasteiger partial charge in [-0.05, 0) is 42.0 Å². The minimum Gasteiger partial charge on any atom is -0.493 e. The lowest BCUT2D eigenvalue weighted by Gasteiger charge is -2.09. The van der Waals surface area contributed by atoms with E-state index in [0.717, 1.165) is 11.1 Å². The number of rotatable bonds is 4. The number of halogens is 1. The zero-order valence-electron chi connectivity index (χ0n) is 13.2. The molecule has 0 atom stereocenters. The molecular weight excluding hydrogens is 328 g/mol. The summed E-state index contributed by atoms with van der Waals surface area (Å²) < 4.78 is 10.5. The highest BCUT2D eigenvalue weighted by Crippen LogP contribution is 2.28. The molecule has 5 nitrogen and oxygen atoms in total. The summed E-state index contributed by atoms with van der Waals surface area (Å²) in [6.07, 6.45) is 1.71. The number of ether oxygens (including phenoxy) is 2. The monoisotopic (exact) mass is 342 g/mol. The lowest BCUT2D eigenvalue weighted by molar-refractivity contribution is -0.115. The zero-order valence-corrected chi connectivity index (χ0v) is 13.9. The molecule has 2 aromatic carbocycles. The average molecular weight is 343 g/mol. The Morgan fingerprint density at radius 1 is 1.04 bits per heavy atom. The molecule has 1 aliphatic rings. The summed E-state index contributed by atoms with van der Waals surface area (Å²) in [6, 6.07) is 12.5. The molecule has 0 saturated carbocycles. The van der Waals surface area contributed by atoms with Crippen LogP contribution < -0.4 is 14.8 Å². The lowest BCUT2D eigenvalue weighted by atomic mass is 10.2. The summed E-state index contributed by atoms with van der Waals surface area (Å²) in [5, 5.41) is 3.40. The van der Waals surface area contributed by atoms with Gasteiger partial charge in [-0.2, -0.15) is 0 Å². The van der Waals surface area contributed by atoms with Crippen molar-refractivity contribution in [2.24, 2.45) is 4.99 Å². The number of hydrogen-bond acceptors (Lipinski definition) is 4. The molecule has 1 aliphatic heterocycles. The van der Waals surface area contributed by atoms with Crippen LogP contribution in [0.5, 0.6) is 11.5 Å². The van der Waals surface area contributed by atoms with E-state index < -0.39 is 0 Å². The van der Waals surface area contributed by atoms with Crippen molar-refractivity contribution in [3.8, 4) is 11.5 Å². The highest BCUT2D eigenvalue weighted by atomic mass is 35.5. The Labute approximate surface area is 144 Å². The van der Waals surface area contributed by atoms with Crippen LogP contribution in [0.25, 0.3) is 6.08 Å². The van der Waals surface area contributed by atoms with E-state index in [-0.39, 0.29) is 5.91 Å². The van der Waals surface area contributed by atoms with Crippen LogP contribution in [0.3, 0.4) is 0 Å². The van der Waals surface area contributed by atoms with Crippen molar-refractivity contribution < 1.29 is 14.3 Å². The first-order valence-electron chi connectivity index (χ1n) is 7.20. The molecule has 3 rings (SSSR count). The molecule has 0 fully saturated rings. The fourth-order valence-electron chi connectivity index (χ4n) is 2.31. The number of aliphatic imine (C=N–C) groups is 1. The van der Waals surface area contributed by atoms with Crippen molar-refractivity contribution in [1.29, 1.82) is 0 Å². The zero-order chi connectivity index (χ0) is 17.1. The summed E-state index contributed by atoms with van der Waals surface area (Å²) in [6.45, 7) is 0. The molecule has 1 heterocycles. The van der Waals surface area contributed by atoms with Gasteiger partial charge in [0.1, 0.15) is 11.5 Å². The highest BCUT2D eigenvalue weighted by Gasteiger charge is 2.22. The third kappa shape index (κ3) is 3.26. The molecule has 6 heteroatoms. The summed E-state index contributed by atoms with van der Waals surface area (Å²) in [4.78, 5) is 16.5. The van der Waals surface area contributed by atoms with E-state index in [0.29, 0.717) is 28.1 Å². The van der Waals surface area contributed by atoms with Crippen LogP contribution in [-0.2, 0) is 4.79 Å². The van der Waals surface area contributed by atoms with Gasteiger partial charge in [0, 0.05) is 10.6 Å². The Balaban J connectivity index is 1.93. The van der Waals surface area contributed by atoms with Crippen LogP contribution in [0.4, 0.5) is 0 Å². The molecule has 0 aromatic heterocycles. The summed E-state index contributed by atoms with van der Waals surface area (Å²) in [5.74, 6) is 1.40. The number of nitrogens with one attached hydrogen (secondary N) is 1. The van der Waals surface area contributed by atoms with Crippen LogP contribution >= 0.6 is 11.6 Å². The van der Waals surface area contributed by atoms with E-state index in [9.17, 15) is 4.79 Å². The molecule has 1 N–H and O–H groups in total. The second kappa shape index (κ2) is 6.76. The van der Waals surface area contributed by atoms with Crippen LogP contribution in [0.2, 0.25) is 5.02 Å². The summed E-state index contributed by atoms with van der Waals surface area (Å²) in [5.41, 5.74) is 1.92. The van der Waals surface area contributed by atoms with E-state index in [2.05, 4.69) is 10.3 Å². The molecule has 2 aromatic rings. The van der Waals surface area contributed by atoms with Crippen LogP contribution in [0.1, 0.15) is 11.1 Å². The maximum absolute atomic E-state index is 12.1. The fraction of sp³-hybridized carbons (Fsp3) is 0.111. The molecule has 24 heavy (non-hydrogen) atoms. The smallest absolute Gasteiger partial charge is 0.275 e. The average Bonchev–Trinajstić information content (AvgIpc) is 2.97. The van der Waals surface area contributed by atoms with Crippen molar-refractivity contribution >= 4 is 29.4 Å². The standard InChI is InChI=1S/C18H15ClN2O3/c1-23-15-8-5-12(10-16(15)24-2)17-20-14(18(22)21-17)9-11-3-6-13(19)7-4-11/h3-10H,1-2H3,(H,20,21,22)/b14-9+. The van der Waals surface area contributed by atoms with Crippen LogP contribution in [-0.4, -0.2) is 26.0 Å². The Hall–Kier alpha value is -2.79. The van der Waals surface area contributed by atoms with E-state index in [1.165, 1.54) is 0 Å². The normalized spacial score (nSPS) is 15.2. The Bertz CT molecular complexity index is 842. The second-order valence-corrected chi connectivity index (χ2v) is 5.50. The Morgan fingerprint density at radius 3 is 2.42 bits per heavy atom. The third-order valence-electron chi connectivity index (χ3n) is 3.53. The quantitative estimate of drug-likeness (QED) is 0.867. The van der Waals surface area contributed by atoms with Crippen molar-refractivity contribution in [2.75, 3.05) is 14.2 Å². The highest BCUT2D eigenvalue weighted by molar-refractivity contribution is 6.30. The van der Waals surface area contributed by atoms with Crippen molar-refractivity contribution in [2.45, 2.75) is 0 Å². The maximum atomic E-state index is 12.1. The number of carbonyl (C=O) groups is 1. The topological polar surface area (TPSA) is 59.9 Å². The molecule has 0 unspecified atom stereocenters. The molecule has 0 radical (unpaired) electrons. The Kier molecular flexibility index (Phi) is 4.53. The number of carbonyl (C=O) groups excluding carboxylic acids is 1. The van der Waals surface area contributed by atoms with E-state index in [1.807, 2.05) is 18.2 Å². The van der Waals surface area contributed by atoms with Gasteiger partial charge in [0.2, 0.25) is 0 Å². The molecule has 0 saturated heterocycles. The first-order chi connectivity index (χ1) is 11.6. The number of methoxy groups -OCH3 is 2. The number of nitrogens with zero attached hydrogens (tertiary/aromatic N) is 1. The summed E-state index contributed by atoms with van der Waals surface area (Å²) >= 11 is 5.86. The van der Waals surface area contributed by atoms with Gasteiger partial charge in [0.15, 0.2) is 11.5 Å². The van der Waals surface area contributed by atoms with Gasteiger partial charge >= 0.3 is 0 Å². The number of amides is 1. The van der Waals surface area contributed by atoms with Gasteiger partial charge in [-0.1, -0.05) is 23.7 Å². The molecule has 0 spiro atoms. The first kappa shape index (κ1) is 16.1. The van der Waals surface area contributed by atoms with Crippen LogP contribution in [0, 0.1) is 0 Å². The molecule has 0 aliphatic carbocycles.